The monoisotopic (exact) mass is 314 g/mol. The van der Waals surface area contributed by atoms with Gasteiger partial charge in [0, 0.05) is 12.2 Å². The van der Waals surface area contributed by atoms with Crippen LogP contribution in [0.3, 0.4) is 0 Å². The maximum atomic E-state index is 12.5. The molecule has 1 saturated heterocycles. The van der Waals surface area contributed by atoms with Crippen LogP contribution < -0.4 is 5.32 Å². The number of nitrogens with one attached hydrogen (secondary N) is 1. The number of rotatable bonds is 3. The summed E-state index contributed by atoms with van der Waals surface area (Å²) in [5.74, 6) is 1.88. The molecule has 1 N–H and O–H groups in total. The lowest BCUT2D eigenvalue weighted by molar-refractivity contribution is -0.118. The molecule has 0 unspecified atom stereocenters. The Balaban J connectivity index is 1.57. The Morgan fingerprint density at radius 3 is 2.43 bits per heavy atom. The quantitative estimate of drug-likeness (QED) is 0.912. The summed E-state index contributed by atoms with van der Waals surface area (Å²) in [6, 6.07) is 4.27. The molecule has 1 amide bonds. The highest BCUT2D eigenvalue weighted by atomic mass is 16.2. The van der Waals surface area contributed by atoms with Crippen LogP contribution in [0.15, 0.2) is 12.1 Å². The van der Waals surface area contributed by atoms with Crippen LogP contribution in [-0.2, 0) is 4.79 Å². The lowest BCUT2D eigenvalue weighted by Crippen LogP contribution is -2.44. The summed E-state index contributed by atoms with van der Waals surface area (Å²) in [6.07, 6.45) is 6.84. The Kier molecular flexibility index (Phi) is 5.05. The summed E-state index contributed by atoms with van der Waals surface area (Å²) in [4.78, 5) is 14.8. The van der Waals surface area contributed by atoms with Crippen LogP contribution in [0.5, 0.6) is 0 Å². The highest BCUT2D eigenvalue weighted by molar-refractivity contribution is 5.93. The van der Waals surface area contributed by atoms with Gasteiger partial charge in [-0.15, -0.1) is 0 Å². The molecule has 3 heteroatoms. The van der Waals surface area contributed by atoms with Crippen LogP contribution in [0.1, 0.15) is 48.8 Å². The molecule has 0 radical (unpaired) electrons. The molecule has 0 bridgehead atoms. The fourth-order valence-corrected chi connectivity index (χ4v) is 4.58. The van der Waals surface area contributed by atoms with Crippen LogP contribution in [0.4, 0.5) is 5.69 Å². The number of hydrogen-bond donors (Lipinski definition) is 1. The molecule has 126 valence electrons. The number of piperidine rings is 1. The fourth-order valence-electron chi connectivity index (χ4n) is 4.58. The third-order valence-electron chi connectivity index (χ3n) is 5.68. The maximum absolute atomic E-state index is 12.5. The molecule has 2 aliphatic rings. The molecule has 1 aromatic rings. The molecular weight excluding hydrogens is 284 g/mol. The van der Waals surface area contributed by atoms with E-state index in [0.717, 1.165) is 41.7 Å². The van der Waals surface area contributed by atoms with Crippen molar-refractivity contribution in [1.82, 2.24) is 4.90 Å². The van der Waals surface area contributed by atoms with Gasteiger partial charge in [-0.3, -0.25) is 9.69 Å². The third kappa shape index (κ3) is 3.95. The van der Waals surface area contributed by atoms with Crippen molar-refractivity contribution in [2.45, 2.75) is 52.9 Å². The molecule has 1 aliphatic carbocycles. The number of aryl methyl sites for hydroxylation is 3. The van der Waals surface area contributed by atoms with Crippen molar-refractivity contribution < 1.29 is 4.79 Å². The minimum Gasteiger partial charge on any atom is -0.324 e. The lowest BCUT2D eigenvalue weighted by atomic mass is 9.75. The van der Waals surface area contributed by atoms with Crippen molar-refractivity contribution in [2.75, 3.05) is 25.0 Å². The molecule has 1 heterocycles. The molecule has 3 rings (SSSR count). The van der Waals surface area contributed by atoms with Gasteiger partial charge in [-0.2, -0.15) is 0 Å². The Bertz CT molecular complexity index is 558. The van der Waals surface area contributed by atoms with Gasteiger partial charge in [0.25, 0.3) is 0 Å². The molecule has 3 nitrogen and oxygen atoms in total. The minimum atomic E-state index is 0.134. The zero-order chi connectivity index (χ0) is 16.4. The largest absolute Gasteiger partial charge is 0.324 e. The zero-order valence-electron chi connectivity index (χ0n) is 14.8. The third-order valence-corrected chi connectivity index (χ3v) is 5.68. The Hall–Kier alpha value is -1.35. The number of anilines is 1. The molecule has 1 saturated carbocycles. The molecule has 2 fully saturated rings. The second kappa shape index (κ2) is 7.04. The summed E-state index contributed by atoms with van der Waals surface area (Å²) in [6.45, 7) is 8.98. The van der Waals surface area contributed by atoms with Gasteiger partial charge in [-0.25, -0.2) is 0 Å². The number of amides is 1. The van der Waals surface area contributed by atoms with Crippen LogP contribution >= 0.6 is 0 Å². The van der Waals surface area contributed by atoms with E-state index in [1.807, 2.05) is 0 Å². The van der Waals surface area contributed by atoms with Crippen molar-refractivity contribution in [2.24, 2.45) is 11.8 Å². The van der Waals surface area contributed by atoms with Crippen molar-refractivity contribution in [3.8, 4) is 0 Å². The van der Waals surface area contributed by atoms with Gasteiger partial charge in [0.15, 0.2) is 0 Å². The van der Waals surface area contributed by atoms with Gasteiger partial charge >= 0.3 is 0 Å². The smallest absolute Gasteiger partial charge is 0.238 e. The van der Waals surface area contributed by atoms with Crippen molar-refractivity contribution in [3.63, 3.8) is 0 Å². The van der Waals surface area contributed by atoms with Gasteiger partial charge in [0.2, 0.25) is 5.91 Å². The average molecular weight is 314 g/mol. The summed E-state index contributed by atoms with van der Waals surface area (Å²) in [7, 11) is 0. The fraction of sp³-hybridized carbons (Fsp3) is 0.650. The Morgan fingerprint density at radius 1 is 1.09 bits per heavy atom. The van der Waals surface area contributed by atoms with E-state index < -0.39 is 0 Å². The highest BCUT2D eigenvalue weighted by Gasteiger charge is 2.31. The maximum Gasteiger partial charge on any atom is 0.238 e. The van der Waals surface area contributed by atoms with Crippen molar-refractivity contribution in [1.29, 1.82) is 0 Å². The van der Waals surface area contributed by atoms with Crippen LogP contribution in [0.2, 0.25) is 0 Å². The van der Waals surface area contributed by atoms with E-state index in [1.165, 1.54) is 37.7 Å². The van der Waals surface area contributed by atoms with E-state index in [2.05, 4.69) is 43.1 Å². The summed E-state index contributed by atoms with van der Waals surface area (Å²) >= 11 is 0. The van der Waals surface area contributed by atoms with Crippen LogP contribution in [0.25, 0.3) is 0 Å². The normalized spacial score (nSPS) is 25.0. The average Bonchev–Trinajstić information content (AvgIpc) is 2.51. The molecule has 0 aromatic heterocycles. The van der Waals surface area contributed by atoms with E-state index in [1.54, 1.807) is 0 Å². The van der Waals surface area contributed by atoms with E-state index in [-0.39, 0.29) is 5.91 Å². The second-order valence-electron chi connectivity index (χ2n) is 7.65. The van der Waals surface area contributed by atoms with Crippen LogP contribution in [-0.4, -0.2) is 30.4 Å². The molecule has 2 atom stereocenters. The number of benzene rings is 1. The number of fused-ring (bicyclic) bond motifs is 1. The van der Waals surface area contributed by atoms with Gasteiger partial charge in [0.1, 0.15) is 0 Å². The van der Waals surface area contributed by atoms with Crippen molar-refractivity contribution >= 4 is 11.6 Å². The van der Waals surface area contributed by atoms with Gasteiger partial charge in [-0.05, 0) is 63.1 Å². The number of likely N-dealkylation sites (tertiary alicyclic amines) is 1. The molecule has 1 aliphatic heterocycles. The molecular formula is C20H30N2O. The Labute approximate surface area is 140 Å². The standard InChI is InChI=1S/C20H30N2O/c1-14-10-15(2)20(16(3)11-14)21-19(23)13-22-9-8-17-6-4-5-7-18(17)12-22/h10-11,17-18H,4-9,12-13H2,1-3H3,(H,21,23)/t17-,18+/m0/s1. The summed E-state index contributed by atoms with van der Waals surface area (Å²) in [5, 5.41) is 3.14. The predicted octanol–water partition coefficient (Wildman–Crippen LogP) is 4.06. The van der Waals surface area contributed by atoms with E-state index in [0.29, 0.717) is 6.54 Å². The molecule has 23 heavy (non-hydrogen) atoms. The van der Waals surface area contributed by atoms with Gasteiger partial charge in [-0.1, -0.05) is 37.0 Å². The first-order chi connectivity index (χ1) is 11.0. The van der Waals surface area contributed by atoms with Crippen molar-refractivity contribution in [3.05, 3.63) is 28.8 Å². The highest BCUT2D eigenvalue weighted by Crippen LogP contribution is 2.35. The number of nitrogens with zero attached hydrogens (tertiary/aromatic N) is 1. The lowest BCUT2D eigenvalue weighted by Gasteiger charge is -2.41. The predicted molar refractivity (Wildman–Crippen MR) is 95.8 cm³/mol. The summed E-state index contributed by atoms with van der Waals surface area (Å²) in [5.41, 5.74) is 4.55. The van der Waals surface area contributed by atoms with E-state index in [4.69, 9.17) is 0 Å². The first-order valence-electron chi connectivity index (χ1n) is 9.13. The van der Waals surface area contributed by atoms with E-state index in [9.17, 15) is 4.79 Å². The SMILES string of the molecule is Cc1cc(C)c(NC(=O)CN2CC[C@@H]3CCCC[C@@H]3C2)c(C)c1. The summed E-state index contributed by atoms with van der Waals surface area (Å²) < 4.78 is 0. The second-order valence-corrected chi connectivity index (χ2v) is 7.65. The first-order valence-corrected chi connectivity index (χ1v) is 9.13. The number of hydrogen-bond acceptors (Lipinski definition) is 2. The topological polar surface area (TPSA) is 32.3 Å². The molecule has 1 aromatic carbocycles. The van der Waals surface area contributed by atoms with E-state index >= 15 is 0 Å². The number of carbonyl (C=O) groups excluding carboxylic acids is 1. The molecule has 0 spiro atoms. The minimum absolute atomic E-state index is 0.134. The van der Waals surface area contributed by atoms with Crippen LogP contribution in [0, 0.1) is 32.6 Å². The Morgan fingerprint density at radius 2 is 1.74 bits per heavy atom. The number of carbonyl (C=O) groups is 1. The zero-order valence-corrected chi connectivity index (χ0v) is 14.8. The van der Waals surface area contributed by atoms with Gasteiger partial charge in [0.05, 0.1) is 6.54 Å². The van der Waals surface area contributed by atoms with Gasteiger partial charge < -0.3 is 5.32 Å². The first kappa shape index (κ1) is 16.5.